The topological polar surface area (TPSA) is 112 Å². The third-order valence-electron chi connectivity index (χ3n) is 3.61. The van der Waals surface area contributed by atoms with E-state index >= 15 is 0 Å². The Morgan fingerprint density at radius 3 is 2.33 bits per heavy atom. The Hall–Kier alpha value is -3.81. The van der Waals surface area contributed by atoms with Gasteiger partial charge >= 0.3 is 0 Å². The van der Waals surface area contributed by atoms with Crippen LogP contribution in [0.3, 0.4) is 0 Å². The second-order valence-electron chi connectivity index (χ2n) is 5.54. The molecule has 0 bridgehead atoms. The minimum atomic E-state index is -0.586. The van der Waals surface area contributed by atoms with Gasteiger partial charge in [-0.3, -0.25) is 9.78 Å². The predicted octanol–water partition coefficient (Wildman–Crippen LogP) is 3.33. The number of carbonyl (C=O) groups excluding carboxylic acids is 1. The number of amides is 1. The second kappa shape index (κ2) is 7.61. The highest BCUT2D eigenvalue weighted by Crippen LogP contribution is 2.34. The first-order valence-electron chi connectivity index (χ1n) is 7.94. The first-order valence-corrected chi connectivity index (χ1v) is 7.94. The van der Waals surface area contributed by atoms with Crippen LogP contribution in [-0.2, 0) is 0 Å². The molecule has 8 heteroatoms. The molecule has 3 aromatic rings. The van der Waals surface area contributed by atoms with Gasteiger partial charge in [0.1, 0.15) is 28.8 Å². The molecule has 7 nitrogen and oxygen atoms in total. The smallest absolute Gasteiger partial charge is 0.269 e. The van der Waals surface area contributed by atoms with Crippen LogP contribution in [0.25, 0.3) is 0 Å². The molecule has 3 rings (SSSR count). The molecule has 5 N–H and O–H groups in total. The van der Waals surface area contributed by atoms with E-state index in [-0.39, 0.29) is 28.8 Å². The molecule has 0 fully saturated rings. The van der Waals surface area contributed by atoms with Crippen LogP contribution in [0.1, 0.15) is 10.5 Å². The average Bonchev–Trinajstić information content (AvgIpc) is 2.67. The maximum Gasteiger partial charge on any atom is 0.269 e. The van der Waals surface area contributed by atoms with Gasteiger partial charge in [-0.2, -0.15) is 0 Å². The summed E-state index contributed by atoms with van der Waals surface area (Å²) < 4.78 is 24.9. The van der Waals surface area contributed by atoms with E-state index in [1.807, 2.05) is 0 Å². The van der Waals surface area contributed by atoms with Crippen molar-refractivity contribution in [1.29, 1.82) is 0 Å². The number of hydrogen-bond acceptors (Lipinski definition) is 6. The van der Waals surface area contributed by atoms with Crippen molar-refractivity contribution in [2.75, 3.05) is 18.5 Å². The van der Waals surface area contributed by atoms with Crippen LogP contribution >= 0.6 is 0 Å². The van der Waals surface area contributed by atoms with Gasteiger partial charge in [-0.05, 0) is 30.3 Å². The number of halogens is 1. The van der Waals surface area contributed by atoms with Gasteiger partial charge in [-0.25, -0.2) is 4.39 Å². The zero-order valence-corrected chi connectivity index (χ0v) is 14.4. The van der Waals surface area contributed by atoms with Crippen LogP contribution in [0.15, 0.2) is 54.7 Å². The summed E-state index contributed by atoms with van der Waals surface area (Å²) in [6, 6.07) is 12.0. The van der Waals surface area contributed by atoms with E-state index in [2.05, 4.69) is 10.3 Å². The van der Waals surface area contributed by atoms with Gasteiger partial charge in [-0.1, -0.05) is 0 Å². The summed E-state index contributed by atoms with van der Waals surface area (Å²) in [6.45, 7) is 0. The third kappa shape index (κ3) is 4.24. The molecular formula is C19H17FN4O3. The molecule has 0 unspecified atom stereocenters. The van der Waals surface area contributed by atoms with E-state index in [1.165, 1.54) is 37.5 Å². The zero-order valence-electron chi connectivity index (χ0n) is 14.4. The predicted molar refractivity (Wildman–Crippen MR) is 99.4 cm³/mol. The molecule has 2 aromatic carbocycles. The Bertz CT molecular complexity index is 994. The molecule has 1 heterocycles. The molecule has 0 saturated carbocycles. The Kier molecular flexibility index (Phi) is 5.07. The summed E-state index contributed by atoms with van der Waals surface area (Å²) in [5, 5.41) is 2.49. The first-order chi connectivity index (χ1) is 13.0. The first kappa shape index (κ1) is 18.0. The minimum absolute atomic E-state index is 0.0250. The number of nitrogens with one attached hydrogen (secondary N) is 1. The molecule has 0 aliphatic heterocycles. The van der Waals surface area contributed by atoms with E-state index < -0.39 is 5.82 Å². The molecule has 138 valence electrons. The largest absolute Gasteiger partial charge is 0.457 e. The Balaban J connectivity index is 1.83. The quantitative estimate of drug-likeness (QED) is 0.596. The number of anilines is 2. The third-order valence-corrected chi connectivity index (χ3v) is 3.61. The van der Waals surface area contributed by atoms with E-state index in [9.17, 15) is 9.18 Å². The van der Waals surface area contributed by atoms with Gasteiger partial charge in [0, 0.05) is 31.4 Å². The van der Waals surface area contributed by atoms with Gasteiger partial charge in [0.15, 0.2) is 5.75 Å². The van der Waals surface area contributed by atoms with Crippen molar-refractivity contribution >= 4 is 17.3 Å². The average molecular weight is 368 g/mol. The van der Waals surface area contributed by atoms with Crippen LogP contribution in [-0.4, -0.2) is 17.9 Å². The van der Waals surface area contributed by atoms with Crippen molar-refractivity contribution in [3.8, 4) is 23.0 Å². The normalized spacial score (nSPS) is 10.3. The van der Waals surface area contributed by atoms with Crippen molar-refractivity contribution in [2.45, 2.75) is 0 Å². The summed E-state index contributed by atoms with van der Waals surface area (Å²) in [5.74, 6) is 0.458. The van der Waals surface area contributed by atoms with Crippen molar-refractivity contribution in [2.24, 2.45) is 0 Å². The fraction of sp³-hybridized carbons (Fsp3) is 0.0526. The lowest BCUT2D eigenvalue weighted by Gasteiger charge is -2.12. The lowest BCUT2D eigenvalue weighted by atomic mass is 10.2. The molecule has 0 saturated heterocycles. The fourth-order valence-electron chi connectivity index (χ4n) is 2.23. The lowest BCUT2D eigenvalue weighted by Crippen LogP contribution is -2.18. The molecule has 0 aliphatic rings. The molecule has 27 heavy (non-hydrogen) atoms. The SMILES string of the molecule is CNC(=O)c1cc(Oc2ccc(N)c(Oc3ccc(N)c(F)c3)c2)ccn1. The van der Waals surface area contributed by atoms with Crippen LogP contribution in [0.2, 0.25) is 0 Å². The summed E-state index contributed by atoms with van der Waals surface area (Å²) in [6.07, 6.45) is 1.46. The molecule has 0 aliphatic carbocycles. The van der Waals surface area contributed by atoms with E-state index in [4.69, 9.17) is 20.9 Å². The maximum absolute atomic E-state index is 13.6. The molecular weight excluding hydrogens is 351 g/mol. The van der Waals surface area contributed by atoms with Gasteiger partial charge in [0.2, 0.25) is 0 Å². The van der Waals surface area contributed by atoms with Crippen molar-refractivity contribution < 1.29 is 18.7 Å². The maximum atomic E-state index is 13.6. The number of ether oxygens (including phenoxy) is 2. The molecule has 0 radical (unpaired) electrons. The lowest BCUT2D eigenvalue weighted by molar-refractivity contribution is 0.0958. The van der Waals surface area contributed by atoms with Crippen LogP contribution in [0, 0.1) is 5.82 Å². The van der Waals surface area contributed by atoms with Gasteiger partial charge in [0.05, 0.1) is 11.4 Å². The van der Waals surface area contributed by atoms with Gasteiger partial charge in [0.25, 0.3) is 5.91 Å². The summed E-state index contributed by atoms with van der Waals surface area (Å²) in [5.41, 5.74) is 12.0. The van der Waals surface area contributed by atoms with Crippen molar-refractivity contribution in [3.63, 3.8) is 0 Å². The summed E-state index contributed by atoms with van der Waals surface area (Å²) in [4.78, 5) is 15.6. The molecule has 0 spiro atoms. The zero-order chi connectivity index (χ0) is 19.4. The number of aromatic nitrogens is 1. The Morgan fingerprint density at radius 1 is 0.963 bits per heavy atom. The number of rotatable bonds is 5. The highest BCUT2D eigenvalue weighted by Gasteiger charge is 2.10. The van der Waals surface area contributed by atoms with E-state index in [1.54, 1.807) is 24.3 Å². The minimum Gasteiger partial charge on any atom is -0.457 e. The fourth-order valence-corrected chi connectivity index (χ4v) is 2.23. The van der Waals surface area contributed by atoms with Crippen molar-refractivity contribution in [1.82, 2.24) is 10.3 Å². The van der Waals surface area contributed by atoms with Crippen molar-refractivity contribution in [3.05, 3.63) is 66.2 Å². The summed E-state index contributed by atoms with van der Waals surface area (Å²) >= 11 is 0. The van der Waals surface area contributed by atoms with E-state index in [0.717, 1.165) is 0 Å². The van der Waals surface area contributed by atoms with Crippen LogP contribution in [0.5, 0.6) is 23.0 Å². The van der Waals surface area contributed by atoms with Gasteiger partial charge < -0.3 is 26.3 Å². The Morgan fingerprint density at radius 2 is 1.63 bits per heavy atom. The molecule has 1 amide bonds. The van der Waals surface area contributed by atoms with Gasteiger partial charge in [-0.15, -0.1) is 0 Å². The second-order valence-corrected chi connectivity index (χ2v) is 5.54. The Labute approximate surface area is 154 Å². The van der Waals surface area contributed by atoms with Crippen LogP contribution < -0.4 is 26.3 Å². The number of nitrogens with zero attached hydrogens (tertiary/aromatic N) is 1. The number of hydrogen-bond donors (Lipinski definition) is 3. The standard InChI is InChI=1S/C19H17FN4O3/c1-23-19(25)17-9-13(6-7-24-17)26-12-3-5-16(22)18(10-12)27-11-2-4-15(21)14(20)8-11/h2-10H,21-22H2,1H3,(H,23,25). The number of nitrogens with two attached hydrogens (primary N) is 2. The van der Waals surface area contributed by atoms with Crippen LogP contribution in [0.4, 0.5) is 15.8 Å². The molecule has 1 aromatic heterocycles. The van der Waals surface area contributed by atoms with E-state index in [0.29, 0.717) is 17.2 Å². The molecule has 0 atom stereocenters. The number of benzene rings is 2. The summed E-state index contributed by atoms with van der Waals surface area (Å²) in [7, 11) is 1.52. The number of carbonyl (C=O) groups is 1. The highest BCUT2D eigenvalue weighted by molar-refractivity contribution is 5.92. The highest BCUT2D eigenvalue weighted by atomic mass is 19.1. The number of nitrogen functional groups attached to an aromatic ring is 2. The monoisotopic (exact) mass is 368 g/mol. The number of pyridine rings is 1.